The number of benzene rings is 1. The van der Waals surface area contributed by atoms with E-state index in [9.17, 15) is 9.59 Å². The Labute approximate surface area is 140 Å². The first-order valence-corrected chi connectivity index (χ1v) is 7.83. The zero-order valence-corrected chi connectivity index (χ0v) is 13.9. The average Bonchev–Trinajstić information content (AvgIpc) is 2.85. The number of nitrogens with one attached hydrogen (secondary N) is 2. The quantitative estimate of drug-likeness (QED) is 0.678. The summed E-state index contributed by atoms with van der Waals surface area (Å²) in [6.45, 7) is 4.58. The number of carbonyl (C=O) groups excluding carboxylic acids is 1. The van der Waals surface area contributed by atoms with E-state index in [1.165, 1.54) is 0 Å². The molecule has 2 rings (SSSR count). The highest BCUT2D eigenvalue weighted by molar-refractivity contribution is 5.74. The molecule has 0 fully saturated rings. The topological polar surface area (TPSA) is 96.3 Å². The van der Waals surface area contributed by atoms with E-state index < -0.39 is 5.97 Å². The molecule has 24 heavy (non-hydrogen) atoms. The first-order valence-electron chi connectivity index (χ1n) is 7.83. The number of amides is 2. The van der Waals surface area contributed by atoms with Crippen LogP contribution < -0.4 is 10.6 Å². The van der Waals surface area contributed by atoms with E-state index in [4.69, 9.17) is 5.11 Å². The second-order valence-corrected chi connectivity index (χ2v) is 5.50. The van der Waals surface area contributed by atoms with E-state index in [1.807, 2.05) is 48.9 Å². The van der Waals surface area contributed by atoms with E-state index in [2.05, 4.69) is 15.7 Å². The highest BCUT2D eigenvalue weighted by Gasteiger charge is 2.13. The van der Waals surface area contributed by atoms with E-state index in [1.54, 1.807) is 0 Å². The third kappa shape index (κ3) is 4.58. The van der Waals surface area contributed by atoms with Crippen LogP contribution >= 0.6 is 0 Å². The van der Waals surface area contributed by atoms with Crippen LogP contribution in [0.1, 0.15) is 29.8 Å². The Hall–Kier alpha value is -2.83. The Bertz CT molecular complexity index is 710. The fourth-order valence-corrected chi connectivity index (χ4v) is 2.42. The van der Waals surface area contributed by atoms with Crippen molar-refractivity contribution >= 4 is 12.0 Å². The Kier molecular flexibility index (Phi) is 5.95. The highest BCUT2D eigenvalue weighted by Crippen LogP contribution is 2.17. The maximum absolute atomic E-state index is 11.8. The number of aromatic nitrogens is 2. The van der Waals surface area contributed by atoms with Crippen molar-refractivity contribution in [2.24, 2.45) is 0 Å². The van der Waals surface area contributed by atoms with Gasteiger partial charge in [0.05, 0.1) is 11.4 Å². The minimum atomic E-state index is -0.864. The van der Waals surface area contributed by atoms with Crippen molar-refractivity contribution in [1.82, 2.24) is 20.4 Å². The summed E-state index contributed by atoms with van der Waals surface area (Å²) in [7, 11) is 0. The maximum atomic E-state index is 11.8. The molecule has 0 saturated carbocycles. The molecule has 128 valence electrons. The van der Waals surface area contributed by atoms with Gasteiger partial charge in [0.25, 0.3) is 0 Å². The normalized spacial score (nSPS) is 10.4. The highest BCUT2D eigenvalue weighted by atomic mass is 16.4. The predicted molar refractivity (Wildman–Crippen MR) is 90.1 cm³/mol. The summed E-state index contributed by atoms with van der Waals surface area (Å²) in [4.78, 5) is 22.2. The zero-order valence-electron chi connectivity index (χ0n) is 13.9. The van der Waals surface area contributed by atoms with Crippen LogP contribution in [0.5, 0.6) is 0 Å². The summed E-state index contributed by atoms with van der Waals surface area (Å²) in [5.74, 6) is -0.864. The number of urea groups is 1. The lowest BCUT2D eigenvalue weighted by Crippen LogP contribution is -2.35. The molecule has 0 spiro atoms. The van der Waals surface area contributed by atoms with Crippen LogP contribution in [0.15, 0.2) is 30.3 Å². The molecular formula is C17H22N4O3. The molecule has 1 heterocycles. The molecular weight excluding hydrogens is 308 g/mol. The molecule has 2 aromatic rings. The van der Waals surface area contributed by atoms with Crippen molar-refractivity contribution < 1.29 is 14.7 Å². The minimum absolute atomic E-state index is 0.0440. The van der Waals surface area contributed by atoms with Gasteiger partial charge in [-0.3, -0.25) is 4.79 Å². The largest absolute Gasteiger partial charge is 0.481 e. The summed E-state index contributed by atoms with van der Waals surface area (Å²) in [6, 6.07) is 9.50. The fourth-order valence-electron chi connectivity index (χ4n) is 2.42. The molecule has 0 unspecified atom stereocenters. The minimum Gasteiger partial charge on any atom is -0.481 e. The summed E-state index contributed by atoms with van der Waals surface area (Å²) >= 11 is 0. The lowest BCUT2D eigenvalue weighted by atomic mass is 10.2. The molecule has 3 N–H and O–H groups in total. The van der Waals surface area contributed by atoms with E-state index in [-0.39, 0.29) is 12.5 Å². The standard InChI is InChI=1S/C17H22N4O3/c1-12-15(11-19-17(24)18-10-6-9-16(22)23)13(2)21(20-12)14-7-4-3-5-8-14/h3-5,7-8H,6,9-11H2,1-2H3,(H,22,23)(H2,18,19,24). The van der Waals surface area contributed by atoms with Gasteiger partial charge in [0.15, 0.2) is 0 Å². The van der Waals surface area contributed by atoms with Gasteiger partial charge in [-0.15, -0.1) is 0 Å². The van der Waals surface area contributed by atoms with Crippen LogP contribution in [0.3, 0.4) is 0 Å². The summed E-state index contributed by atoms with van der Waals surface area (Å²) in [6.07, 6.45) is 0.453. The molecule has 2 amide bonds. The number of para-hydroxylation sites is 1. The number of aliphatic carboxylic acids is 1. The first kappa shape index (κ1) is 17.5. The van der Waals surface area contributed by atoms with Crippen LogP contribution in [0.25, 0.3) is 5.69 Å². The van der Waals surface area contributed by atoms with Gasteiger partial charge in [0.1, 0.15) is 0 Å². The molecule has 0 aliphatic rings. The molecule has 0 bridgehead atoms. The Morgan fingerprint density at radius 2 is 1.88 bits per heavy atom. The lowest BCUT2D eigenvalue weighted by molar-refractivity contribution is -0.137. The van der Waals surface area contributed by atoms with Gasteiger partial charge in [0, 0.05) is 30.8 Å². The van der Waals surface area contributed by atoms with Crippen LogP contribution in [-0.2, 0) is 11.3 Å². The smallest absolute Gasteiger partial charge is 0.315 e. The van der Waals surface area contributed by atoms with Crippen molar-refractivity contribution in [3.05, 3.63) is 47.3 Å². The summed E-state index contributed by atoms with van der Waals surface area (Å²) in [5.41, 5.74) is 3.79. The molecule has 0 atom stereocenters. The zero-order chi connectivity index (χ0) is 17.5. The lowest BCUT2D eigenvalue weighted by Gasteiger charge is -2.08. The molecule has 1 aromatic heterocycles. The maximum Gasteiger partial charge on any atom is 0.315 e. The SMILES string of the molecule is Cc1nn(-c2ccccc2)c(C)c1CNC(=O)NCCCC(=O)O. The van der Waals surface area contributed by atoms with Crippen LogP contribution in [0.4, 0.5) is 4.79 Å². The van der Waals surface area contributed by atoms with Gasteiger partial charge in [-0.25, -0.2) is 9.48 Å². The fraction of sp³-hybridized carbons (Fsp3) is 0.353. The number of carbonyl (C=O) groups is 2. The molecule has 0 saturated heterocycles. The van der Waals surface area contributed by atoms with Crippen molar-refractivity contribution in [3.8, 4) is 5.69 Å². The number of nitrogens with zero attached hydrogens (tertiary/aromatic N) is 2. The number of carboxylic acids is 1. The third-order valence-corrected chi connectivity index (χ3v) is 3.72. The Balaban J connectivity index is 1.92. The summed E-state index contributed by atoms with van der Waals surface area (Å²) in [5, 5.41) is 18.5. The molecule has 7 heteroatoms. The molecule has 1 aromatic carbocycles. The van der Waals surface area contributed by atoms with Crippen LogP contribution in [0, 0.1) is 13.8 Å². The Morgan fingerprint density at radius 3 is 2.54 bits per heavy atom. The van der Waals surface area contributed by atoms with Crippen LogP contribution in [-0.4, -0.2) is 33.4 Å². The van der Waals surface area contributed by atoms with Crippen molar-refractivity contribution in [1.29, 1.82) is 0 Å². The van der Waals surface area contributed by atoms with Gasteiger partial charge >= 0.3 is 12.0 Å². The number of hydrogen-bond acceptors (Lipinski definition) is 3. The number of aryl methyl sites for hydroxylation is 1. The first-order chi connectivity index (χ1) is 11.5. The average molecular weight is 330 g/mol. The second-order valence-electron chi connectivity index (χ2n) is 5.50. The predicted octanol–water partition coefficient (Wildman–Crippen LogP) is 2.15. The van der Waals surface area contributed by atoms with E-state index >= 15 is 0 Å². The van der Waals surface area contributed by atoms with Gasteiger partial charge in [0.2, 0.25) is 0 Å². The molecule has 0 radical (unpaired) electrons. The van der Waals surface area contributed by atoms with Crippen molar-refractivity contribution in [2.75, 3.05) is 6.54 Å². The van der Waals surface area contributed by atoms with Gasteiger partial charge in [-0.2, -0.15) is 5.10 Å². The van der Waals surface area contributed by atoms with E-state index in [0.29, 0.717) is 19.5 Å². The van der Waals surface area contributed by atoms with Crippen molar-refractivity contribution in [2.45, 2.75) is 33.2 Å². The molecule has 7 nitrogen and oxygen atoms in total. The van der Waals surface area contributed by atoms with E-state index in [0.717, 1.165) is 22.6 Å². The van der Waals surface area contributed by atoms with Crippen LogP contribution in [0.2, 0.25) is 0 Å². The van der Waals surface area contributed by atoms with Crippen molar-refractivity contribution in [3.63, 3.8) is 0 Å². The van der Waals surface area contributed by atoms with Gasteiger partial charge in [-0.05, 0) is 32.4 Å². The third-order valence-electron chi connectivity index (χ3n) is 3.72. The molecule has 0 aliphatic carbocycles. The van der Waals surface area contributed by atoms with Gasteiger partial charge < -0.3 is 15.7 Å². The Morgan fingerprint density at radius 1 is 1.17 bits per heavy atom. The second kappa shape index (κ2) is 8.14. The molecule has 0 aliphatic heterocycles. The number of rotatable bonds is 7. The summed E-state index contributed by atoms with van der Waals surface area (Å²) < 4.78 is 1.86. The number of carboxylic acid groups (broad SMARTS) is 1. The number of hydrogen-bond donors (Lipinski definition) is 3. The van der Waals surface area contributed by atoms with Gasteiger partial charge in [-0.1, -0.05) is 18.2 Å². The monoisotopic (exact) mass is 330 g/mol.